The predicted molar refractivity (Wildman–Crippen MR) is 97.2 cm³/mol. The van der Waals surface area contributed by atoms with E-state index < -0.39 is 6.10 Å². The Morgan fingerprint density at radius 1 is 1.19 bits per heavy atom. The molecule has 2 aliphatic heterocycles. The van der Waals surface area contributed by atoms with Crippen LogP contribution in [0.5, 0.6) is 5.75 Å². The van der Waals surface area contributed by atoms with E-state index in [1.165, 1.54) is 12.3 Å². The first-order valence-corrected chi connectivity index (χ1v) is 8.59. The van der Waals surface area contributed by atoms with Gasteiger partial charge in [0.05, 0.1) is 13.7 Å². The van der Waals surface area contributed by atoms with E-state index in [1.54, 1.807) is 12.0 Å². The Morgan fingerprint density at radius 2 is 1.88 bits per heavy atom. The fourth-order valence-electron chi connectivity index (χ4n) is 2.80. The van der Waals surface area contributed by atoms with Gasteiger partial charge in [0.1, 0.15) is 11.4 Å². The number of rotatable bonds is 5. The zero-order chi connectivity index (χ0) is 18.5. The number of methoxy groups -OCH3 is 1. The third-order valence-corrected chi connectivity index (χ3v) is 4.51. The lowest BCUT2D eigenvalue weighted by molar-refractivity contribution is -0.129. The highest BCUT2D eigenvalue weighted by Gasteiger charge is 2.27. The van der Waals surface area contributed by atoms with Gasteiger partial charge in [0.2, 0.25) is 0 Å². The quantitative estimate of drug-likeness (QED) is 0.783. The van der Waals surface area contributed by atoms with Crippen molar-refractivity contribution in [1.29, 1.82) is 0 Å². The van der Waals surface area contributed by atoms with Crippen molar-refractivity contribution >= 4 is 17.9 Å². The number of ketones is 1. The van der Waals surface area contributed by atoms with Crippen molar-refractivity contribution in [3.05, 3.63) is 41.6 Å². The first kappa shape index (κ1) is 18.3. The lowest BCUT2D eigenvalue weighted by Crippen LogP contribution is -2.47. The lowest BCUT2D eigenvalue weighted by atomic mass is 10.1. The monoisotopic (exact) mass is 357 g/mol. The molecule has 0 spiro atoms. The second kappa shape index (κ2) is 8.25. The predicted octanol–water partition coefficient (Wildman–Crippen LogP) is 0.892. The van der Waals surface area contributed by atoms with Crippen LogP contribution < -0.4 is 4.74 Å². The molecule has 0 aliphatic carbocycles. The third-order valence-electron chi connectivity index (χ3n) is 4.51. The van der Waals surface area contributed by atoms with E-state index in [2.05, 4.69) is 9.89 Å². The van der Waals surface area contributed by atoms with Gasteiger partial charge in [0, 0.05) is 38.5 Å². The standard InChI is InChI=1S/C19H23N3O4/c1-21-7-9-22(10-8-21)19(24)16-11-17(23)18(12-20-16)26-13-14-3-5-15(25-2)6-4-14/h3-6,11-12,18H,7-10,13H2,1-2H3. The number of piperazine rings is 1. The van der Waals surface area contributed by atoms with Crippen molar-refractivity contribution in [2.24, 2.45) is 4.99 Å². The van der Waals surface area contributed by atoms with E-state index in [4.69, 9.17) is 9.47 Å². The van der Waals surface area contributed by atoms with Gasteiger partial charge in [0.15, 0.2) is 11.9 Å². The maximum atomic E-state index is 12.5. The zero-order valence-electron chi connectivity index (χ0n) is 15.1. The summed E-state index contributed by atoms with van der Waals surface area (Å²) in [4.78, 5) is 32.8. The fourth-order valence-corrected chi connectivity index (χ4v) is 2.80. The summed E-state index contributed by atoms with van der Waals surface area (Å²) in [6.45, 7) is 3.22. The molecular weight excluding hydrogens is 334 g/mol. The molecule has 1 fully saturated rings. The van der Waals surface area contributed by atoms with Crippen LogP contribution in [-0.4, -0.2) is 74.1 Å². The van der Waals surface area contributed by atoms with Crippen molar-refractivity contribution < 1.29 is 19.1 Å². The van der Waals surface area contributed by atoms with Crippen LogP contribution in [0.2, 0.25) is 0 Å². The number of carbonyl (C=O) groups is 2. The average Bonchev–Trinajstić information content (AvgIpc) is 2.67. The molecule has 2 aliphatic rings. The number of amides is 1. The summed E-state index contributed by atoms with van der Waals surface area (Å²) >= 11 is 0. The lowest BCUT2D eigenvalue weighted by Gasteiger charge is -2.32. The van der Waals surface area contributed by atoms with Crippen LogP contribution in [0, 0.1) is 0 Å². The molecular formula is C19H23N3O4. The second-order valence-corrected chi connectivity index (χ2v) is 6.39. The van der Waals surface area contributed by atoms with Gasteiger partial charge in [-0.2, -0.15) is 0 Å². The molecule has 2 heterocycles. The van der Waals surface area contributed by atoms with Crippen LogP contribution in [0.25, 0.3) is 0 Å². The maximum Gasteiger partial charge on any atom is 0.272 e. The zero-order valence-corrected chi connectivity index (χ0v) is 15.1. The fraction of sp³-hybridized carbons (Fsp3) is 0.421. The first-order chi connectivity index (χ1) is 12.6. The molecule has 7 heteroatoms. The van der Waals surface area contributed by atoms with Gasteiger partial charge in [-0.1, -0.05) is 12.1 Å². The van der Waals surface area contributed by atoms with Crippen molar-refractivity contribution in [3.8, 4) is 5.75 Å². The Bertz CT molecular complexity index is 719. The van der Waals surface area contributed by atoms with Crippen LogP contribution in [0.15, 0.2) is 41.0 Å². The number of benzene rings is 1. The van der Waals surface area contributed by atoms with Gasteiger partial charge in [-0.25, -0.2) is 0 Å². The molecule has 26 heavy (non-hydrogen) atoms. The molecule has 0 saturated carbocycles. The second-order valence-electron chi connectivity index (χ2n) is 6.39. The minimum Gasteiger partial charge on any atom is -0.497 e. The maximum absolute atomic E-state index is 12.5. The Balaban J connectivity index is 1.54. The van der Waals surface area contributed by atoms with E-state index in [9.17, 15) is 9.59 Å². The van der Waals surface area contributed by atoms with Gasteiger partial charge in [-0.05, 0) is 24.7 Å². The molecule has 1 unspecified atom stereocenters. The van der Waals surface area contributed by atoms with Crippen LogP contribution in [0.1, 0.15) is 5.56 Å². The van der Waals surface area contributed by atoms with Crippen LogP contribution in [0.4, 0.5) is 0 Å². The smallest absolute Gasteiger partial charge is 0.272 e. The number of ether oxygens (including phenoxy) is 2. The van der Waals surface area contributed by atoms with Crippen molar-refractivity contribution in [1.82, 2.24) is 9.80 Å². The molecule has 1 aromatic carbocycles. The highest BCUT2D eigenvalue weighted by Crippen LogP contribution is 2.15. The molecule has 0 radical (unpaired) electrons. The van der Waals surface area contributed by atoms with Gasteiger partial charge >= 0.3 is 0 Å². The summed E-state index contributed by atoms with van der Waals surface area (Å²) < 4.78 is 10.7. The largest absolute Gasteiger partial charge is 0.497 e. The van der Waals surface area contributed by atoms with E-state index in [0.29, 0.717) is 13.1 Å². The third kappa shape index (κ3) is 4.36. The van der Waals surface area contributed by atoms with E-state index in [0.717, 1.165) is 24.4 Å². The van der Waals surface area contributed by atoms with E-state index >= 15 is 0 Å². The number of hydrogen-bond acceptors (Lipinski definition) is 6. The van der Waals surface area contributed by atoms with Crippen molar-refractivity contribution in [2.75, 3.05) is 40.3 Å². The number of hydrogen-bond donors (Lipinski definition) is 0. The number of carbonyl (C=O) groups excluding carboxylic acids is 2. The van der Waals surface area contributed by atoms with Gasteiger partial charge in [0.25, 0.3) is 5.91 Å². The summed E-state index contributed by atoms with van der Waals surface area (Å²) in [6, 6.07) is 7.42. The molecule has 0 bridgehead atoms. The minimum absolute atomic E-state index is 0.184. The summed E-state index contributed by atoms with van der Waals surface area (Å²) in [5.74, 6) is 0.307. The van der Waals surface area contributed by atoms with Gasteiger partial charge in [-0.3, -0.25) is 14.6 Å². The summed E-state index contributed by atoms with van der Waals surface area (Å²) in [6.07, 6.45) is 1.94. The normalized spacial score (nSPS) is 20.8. The molecule has 0 N–H and O–H groups in total. The van der Waals surface area contributed by atoms with Gasteiger partial charge in [-0.15, -0.1) is 0 Å². The molecule has 1 saturated heterocycles. The number of aliphatic imine (C=N–C) groups is 1. The Hall–Kier alpha value is -2.51. The molecule has 1 aromatic rings. The first-order valence-electron chi connectivity index (χ1n) is 8.59. The minimum atomic E-state index is -0.763. The molecule has 7 nitrogen and oxygen atoms in total. The number of likely N-dealkylation sites (N-methyl/N-ethyl adjacent to an activating group) is 1. The van der Waals surface area contributed by atoms with Crippen molar-refractivity contribution in [3.63, 3.8) is 0 Å². The van der Waals surface area contributed by atoms with Crippen LogP contribution in [-0.2, 0) is 20.9 Å². The van der Waals surface area contributed by atoms with E-state index in [-0.39, 0.29) is 24.0 Å². The van der Waals surface area contributed by atoms with Crippen molar-refractivity contribution in [2.45, 2.75) is 12.7 Å². The van der Waals surface area contributed by atoms with E-state index in [1.807, 2.05) is 31.3 Å². The molecule has 1 atom stereocenters. The molecule has 1 amide bonds. The summed E-state index contributed by atoms with van der Waals surface area (Å²) in [7, 11) is 3.63. The Morgan fingerprint density at radius 3 is 2.50 bits per heavy atom. The average molecular weight is 357 g/mol. The van der Waals surface area contributed by atoms with Crippen LogP contribution >= 0.6 is 0 Å². The Kier molecular flexibility index (Phi) is 5.80. The summed E-state index contributed by atoms with van der Waals surface area (Å²) in [5, 5.41) is 0. The molecule has 138 valence electrons. The van der Waals surface area contributed by atoms with Crippen LogP contribution in [0.3, 0.4) is 0 Å². The molecule has 0 aromatic heterocycles. The van der Waals surface area contributed by atoms with Gasteiger partial charge < -0.3 is 19.3 Å². The highest BCUT2D eigenvalue weighted by molar-refractivity contribution is 6.12. The molecule has 3 rings (SSSR count). The summed E-state index contributed by atoms with van der Waals surface area (Å²) in [5.41, 5.74) is 1.11. The highest BCUT2D eigenvalue weighted by atomic mass is 16.5. The Labute approximate surface area is 152 Å². The topological polar surface area (TPSA) is 71.4 Å². The SMILES string of the molecule is COc1ccc(COC2C=NC(C(=O)N3CCN(C)CC3)=CC2=O)cc1. The number of nitrogens with zero attached hydrogens (tertiary/aromatic N) is 3.